The highest BCUT2D eigenvalue weighted by molar-refractivity contribution is 5.95. The average molecular weight is 380 g/mol. The van der Waals surface area contributed by atoms with Crippen LogP contribution in [0.25, 0.3) is 0 Å². The molecule has 0 aliphatic heterocycles. The van der Waals surface area contributed by atoms with Gasteiger partial charge in [0.25, 0.3) is 5.91 Å². The summed E-state index contributed by atoms with van der Waals surface area (Å²) in [7, 11) is 0. The maximum atomic E-state index is 12.2. The molecule has 0 heterocycles. The van der Waals surface area contributed by atoms with Crippen LogP contribution in [-0.2, 0) is 20.7 Å². The zero-order valence-corrected chi connectivity index (χ0v) is 15.8. The number of rotatable bonds is 8. The Balaban J connectivity index is 1.43. The van der Waals surface area contributed by atoms with Crippen molar-refractivity contribution < 1.29 is 19.1 Å². The van der Waals surface area contributed by atoms with Gasteiger partial charge in [0.1, 0.15) is 0 Å². The van der Waals surface area contributed by atoms with Gasteiger partial charge in [-0.2, -0.15) is 0 Å². The van der Waals surface area contributed by atoms with Crippen LogP contribution in [0.2, 0.25) is 0 Å². The van der Waals surface area contributed by atoms with Gasteiger partial charge in [-0.1, -0.05) is 30.3 Å². The second kappa shape index (κ2) is 9.17. The van der Waals surface area contributed by atoms with Gasteiger partial charge in [-0.05, 0) is 56.0 Å². The molecule has 28 heavy (non-hydrogen) atoms. The second-order valence-electron chi connectivity index (χ2n) is 6.92. The van der Waals surface area contributed by atoms with Gasteiger partial charge in [0, 0.05) is 18.2 Å². The lowest BCUT2D eigenvalue weighted by molar-refractivity contribution is -0.129. The van der Waals surface area contributed by atoms with Crippen molar-refractivity contribution in [3.8, 4) is 0 Å². The third-order valence-electron chi connectivity index (χ3n) is 4.55. The van der Waals surface area contributed by atoms with Crippen molar-refractivity contribution in [3.63, 3.8) is 0 Å². The molecule has 0 aromatic heterocycles. The number of benzene rings is 2. The molecule has 1 aliphatic rings. The number of nitrogens with one attached hydrogen (secondary N) is 2. The smallest absolute Gasteiger partial charge is 0.338 e. The maximum absolute atomic E-state index is 12.2. The molecule has 2 aromatic carbocycles. The van der Waals surface area contributed by atoms with Crippen LogP contribution in [0.1, 0.15) is 35.7 Å². The Hall–Kier alpha value is -3.15. The molecule has 0 bridgehead atoms. The van der Waals surface area contributed by atoms with Crippen molar-refractivity contribution in [2.45, 2.75) is 32.3 Å². The highest BCUT2D eigenvalue weighted by Crippen LogP contribution is 2.30. The van der Waals surface area contributed by atoms with Crippen molar-refractivity contribution >= 4 is 23.5 Å². The fraction of sp³-hybridized carbons (Fsp3) is 0.318. The predicted molar refractivity (Wildman–Crippen MR) is 106 cm³/mol. The van der Waals surface area contributed by atoms with E-state index in [0.717, 1.165) is 18.4 Å². The van der Waals surface area contributed by atoms with Gasteiger partial charge in [-0.3, -0.25) is 9.59 Å². The zero-order valence-electron chi connectivity index (χ0n) is 15.8. The molecule has 1 unspecified atom stereocenters. The number of carbonyl (C=O) groups excluding carboxylic acids is 3. The lowest BCUT2D eigenvalue weighted by Crippen LogP contribution is -2.36. The van der Waals surface area contributed by atoms with Gasteiger partial charge in [0.15, 0.2) is 6.10 Å². The molecule has 0 saturated heterocycles. The summed E-state index contributed by atoms with van der Waals surface area (Å²) in [6, 6.07) is 16.3. The molecule has 1 saturated carbocycles. The second-order valence-corrected chi connectivity index (χ2v) is 6.92. The Morgan fingerprint density at radius 1 is 1.04 bits per heavy atom. The molecule has 146 valence electrons. The van der Waals surface area contributed by atoms with Crippen LogP contribution >= 0.6 is 0 Å². The standard InChI is InChI=1S/C22H24N2O4/c1-15(20(25)23-14-13-16-5-3-2-4-6-16)28-22(27)18-9-11-19(12-10-18)24-21(26)17-7-8-17/h2-6,9-12,15,17H,7-8,13-14H2,1H3,(H,23,25)(H,24,26). The van der Waals surface area contributed by atoms with E-state index < -0.39 is 12.1 Å². The van der Waals surface area contributed by atoms with Crippen molar-refractivity contribution in [1.29, 1.82) is 0 Å². The number of ether oxygens (including phenoxy) is 1. The van der Waals surface area contributed by atoms with Gasteiger partial charge < -0.3 is 15.4 Å². The van der Waals surface area contributed by atoms with Gasteiger partial charge in [0.05, 0.1) is 5.56 Å². The van der Waals surface area contributed by atoms with Crippen molar-refractivity contribution in [3.05, 3.63) is 65.7 Å². The van der Waals surface area contributed by atoms with E-state index in [2.05, 4.69) is 10.6 Å². The minimum atomic E-state index is -0.891. The van der Waals surface area contributed by atoms with E-state index in [-0.39, 0.29) is 17.7 Å². The number of amides is 2. The molecule has 2 amide bonds. The van der Waals surface area contributed by atoms with Crippen molar-refractivity contribution in [1.82, 2.24) is 5.32 Å². The molecule has 1 fully saturated rings. The molecular weight excluding hydrogens is 356 g/mol. The molecule has 6 nitrogen and oxygen atoms in total. The number of esters is 1. The van der Waals surface area contributed by atoms with E-state index in [1.165, 1.54) is 0 Å². The Morgan fingerprint density at radius 3 is 2.36 bits per heavy atom. The number of hydrogen-bond donors (Lipinski definition) is 2. The van der Waals surface area contributed by atoms with E-state index in [1.54, 1.807) is 31.2 Å². The van der Waals surface area contributed by atoms with Crippen molar-refractivity contribution in [2.75, 3.05) is 11.9 Å². The van der Waals surface area contributed by atoms with Gasteiger partial charge in [-0.15, -0.1) is 0 Å². The van der Waals surface area contributed by atoms with Crippen LogP contribution in [0.4, 0.5) is 5.69 Å². The SMILES string of the molecule is CC(OC(=O)c1ccc(NC(=O)C2CC2)cc1)C(=O)NCCc1ccccc1. The molecule has 1 atom stereocenters. The summed E-state index contributed by atoms with van der Waals surface area (Å²) in [6.45, 7) is 2.01. The Morgan fingerprint density at radius 2 is 1.71 bits per heavy atom. The molecule has 0 radical (unpaired) electrons. The summed E-state index contributed by atoms with van der Waals surface area (Å²) in [5, 5.41) is 5.58. The predicted octanol–water partition coefficient (Wildman–Crippen LogP) is 2.94. The lowest BCUT2D eigenvalue weighted by Gasteiger charge is -2.14. The van der Waals surface area contributed by atoms with Crippen LogP contribution in [0.5, 0.6) is 0 Å². The summed E-state index contributed by atoms with van der Waals surface area (Å²) in [6.07, 6.45) is 1.68. The zero-order chi connectivity index (χ0) is 19.9. The van der Waals surface area contributed by atoms with E-state index >= 15 is 0 Å². The molecular formula is C22H24N2O4. The van der Waals surface area contributed by atoms with Gasteiger partial charge in [-0.25, -0.2) is 4.79 Å². The molecule has 3 rings (SSSR count). The summed E-state index contributed by atoms with van der Waals surface area (Å²) < 4.78 is 5.23. The lowest BCUT2D eigenvalue weighted by atomic mass is 10.1. The van der Waals surface area contributed by atoms with Crippen LogP contribution < -0.4 is 10.6 Å². The average Bonchev–Trinajstić information content (AvgIpc) is 3.54. The van der Waals surface area contributed by atoms with Gasteiger partial charge >= 0.3 is 5.97 Å². The van der Waals surface area contributed by atoms with Crippen LogP contribution in [0.3, 0.4) is 0 Å². The van der Waals surface area contributed by atoms with Crippen LogP contribution in [0, 0.1) is 5.92 Å². The fourth-order valence-corrected chi connectivity index (χ4v) is 2.68. The number of anilines is 1. The molecule has 1 aliphatic carbocycles. The minimum absolute atomic E-state index is 0.0103. The topological polar surface area (TPSA) is 84.5 Å². The summed E-state index contributed by atoms with van der Waals surface area (Å²) in [4.78, 5) is 36.1. The maximum Gasteiger partial charge on any atom is 0.338 e. The largest absolute Gasteiger partial charge is 0.449 e. The third kappa shape index (κ3) is 5.67. The van der Waals surface area contributed by atoms with Crippen molar-refractivity contribution in [2.24, 2.45) is 5.92 Å². The summed E-state index contributed by atoms with van der Waals surface area (Å²) in [5.41, 5.74) is 2.09. The summed E-state index contributed by atoms with van der Waals surface area (Å²) in [5.74, 6) is -0.787. The molecule has 6 heteroatoms. The monoisotopic (exact) mass is 380 g/mol. The highest BCUT2D eigenvalue weighted by atomic mass is 16.5. The number of carbonyl (C=O) groups is 3. The Bertz CT molecular complexity index is 829. The first-order chi connectivity index (χ1) is 13.5. The Kier molecular flexibility index (Phi) is 6.42. The van der Waals surface area contributed by atoms with E-state index in [1.807, 2.05) is 30.3 Å². The first-order valence-corrected chi connectivity index (χ1v) is 9.46. The first-order valence-electron chi connectivity index (χ1n) is 9.46. The normalized spacial score (nSPS) is 14.0. The fourth-order valence-electron chi connectivity index (χ4n) is 2.68. The van der Waals surface area contributed by atoms with Gasteiger partial charge in [0.2, 0.25) is 5.91 Å². The van der Waals surface area contributed by atoms with E-state index in [9.17, 15) is 14.4 Å². The first kappa shape index (κ1) is 19.6. The van der Waals surface area contributed by atoms with E-state index in [4.69, 9.17) is 4.74 Å². The Labute approximate surface area is 164 Å². The van der Waals surface area contributed by atoms with Crippen LogP contribution in [0.15, 0.2) is 54.6 Å². The summed E-state index contributed by atoms with van der Waals surface area (Å²) >= 11 is 0. The third-order valence-corrected chi connectivity index (χ3v) is 4.55. The molecule has 0 spiro atoms. The molecule has 2 N–H and O–H groups in total. The quantitative estimate of drug-likeness (QED) is 0.690. The van der Waals surface area contributed by atoms with E-state index in [0.29, 0.717) is 24.2 Å². The molecule has 2 aromatic rings. The van der Waals surface area contributed by atoms with Crippen LogP contribution in [-0.4, -0.2) is 30.4 Å². The highest BCUT2D eigenvalue weighted by Gasteiger charge is 2.29. The number of hydrogen-bond acceptors (Lipinski definition) is 4. The minimum Gasteiger partial charge on any atom is -0.449 e.